The zero-order chi connectivity index (χ0) is 8.27. The normalized spacial score (nSPS) is 13.5. The first kappa shape index (κ1) is 8.56. The Kier molecular flexibility index (Phi) is 2.91. The van der Waals surface area contributed by atoms with Gasteiger partial charge in [0.25, 0.3) is 0 Å². The predicted octanol–water partition coefficient (Wildman–Crippen LogP) is 1.60. The lowest BCUT2D eigenvalue weighted by Gasteiger charge is -2.12. The fourth-order valence-corrected chi connectivity index (χ4v) is 1.68. The van der Waals surface area contributed by atoms with Crippen LogP contribution in [0.1, 0.15) is 13.8 Å². The van der Waals surface area contributed by atoms with Crippen molar-refractivity contribution < 1.29 is 4.55 Å². The molecule has 0 aliphatic rings. The summed E-state index contributed by atoms with van der Waals surface area (Å²) in [6.45, 7) is 3.88. The standard InChI is InChI=1S/C8H11NOS/c1-7(2)11(10)8-3-5-9-6-4-8/h3-7H,1-2H3. The molecule has 1 rings (SSSR count). The van der Waals surface area contributed by atoms with Crippen molar-refractivity contribution in [2.45, 2.75) is 24.0 Å². The molecule has 2 nitrogen and oxygen atoms in total. The molecule has 0 amide bonds. The molecule has 0 N–H and O–H groups in total. The summed E-state index contributed by atoms with van der Waals surface area (Å²) >= 11 is -0.875. The fraction of sp³-hybridized carbons (Fsp3) is 0.375. The Bertz CT molecular complexity index is 213. The van der Waals surface area contributed by atoms with Crippen LogP contribution in [0.2, 0.25) is 0 Å². The largest absolute Gasteiger partial charge is 0.611 e. The minimum absolute atomic E-state index is 0.178. The second kappa shape index (κ2) is 3.74. The molecular formula is C8H11NOS. The summed E-state index contributed by atoms with van der Waals surface area (Å²) < 4.78 is 11.4. The fourth-order valence-electron chi connectivity index (χ4n) is 0.745. The van der Waals surface area contributed by atoms with Gasteiger partial charge in [-0.2, -0.15) is 0 Å². The molecular weight excluding hydrogens is 158 g/mol. The highest BCUT2D eigenvalue weighted by Gasteiger charge is 2.13. The van der Waals surface area contributed by atoms with Gasteiger partial charge in [-0.25, -0.2) is 0 Å². The van der Waals surface area contributed by atoms with Crippen molar-refractivity contribution in [3.63, 3.8) is 0 Å². The van der Waals surface area contributed by atoms with Crippen LogP contribution in [0.25, 0.3) is 0 Å². The molecule has 0 saturated heterocycles. The minimum atomic E-state index is -0.875. The van der Waals surface area contributed by atoms with Crippen molar-refractivity contribution in [1.29, 1.82) is 0 Å². The minimum Gasteiger partial charge on any atom is -0.611 e. The average Bonchev–Trinajstić information content (AvgIpc) is 2.05. The number of aromatic nitrogens is 1. The molecule has 11 heavy (non-hydrogen) atoms. The number of hydrogen-bond donors (Lipinski definition) is 0. The van der Waals surface area contributed by atoms with Crippen LogP contribution in [0, 0.1) is 0 Å². The highest BCUT2D eigenvalue weighted by atomic mass is 32.2. The van der Waals surface area contributed by atoms with Crippen LogP contribution in [-0.4, -0.2) is 14.8 Å². The smallest absolute Gasteiger partial charge is 0.155 e. The summed E-state index contributed by atoms with van der Waals surface area (Å²) in [5.41, 5.74) is 0. The Balaban J connectivity index is 2.77. The summed E-state index contributed by atoms with van der Waals surface area (Å²) in [6, 6.07) is 3.58. The molecule has 1 heterocycles. The van der Waals surface area contributed by atoms with Gasteiger partial charge in [-0.3, -0.25) is 4.98 Å². The SMILES string of the molecule is CC(C)[S+]([O-])c1ccncc1. The molecule has 1 atom stereocenters. The topological polar surface area (TPSA) is 36.0 Å². The van der Waals surface area contributed by atoms with E-state index in [4.69, 9.17) is 0 Å². The monoisotopic (exact) mass is 169 g/mol. The Morgan fingerprint density at radius 1 is 1.36 bits per heavy atom. The van der Waals surface area contributed by atoms with E-state index in [0.717, 1.165) is 4.90 Å². The van der Waals surface area contributed by atoms with E-state index < -0.39 is 11.2 Å². The number of rotatable bonds is 2. The van der Waals surface area contributed by atoms with Crippen molar-refractivity contribution in [3.05, 3.63) is 24.5 Å². The van der Waals surface area contributed by atoms with Gasteiger partial charge in [0.1, 0.15) is 5.25 Å². The van der Waals surface area contributed by atoms with E-state index >= 15 is 0 Å². The molecule has 0 fully saturated rings. The van der Waals surface area contributed by atoms with Gasteiger partial charge >= 0.3 is 0 Å². The summed E-state index contributed by atoms with van der Waals surface area (Å²) in [6.07, 6.45) is 3.32. The van der Waals surface area contributed by atoms with E-state index in [-0.39, 0.29) is 5.25 Å². The van der Waals surface area contributed by atoms with E-state index in [1.807, 2.05) is 13.8 Å². The van der Waals surface area contributed by atoms with Gasteiger partial charge in [-0.05, 0) is 25.0 Å². The molecule has 60 valence electrons. The Hall–Kier alpha value is -0.540. The quantitative estimate of drug-likeness (QED) is 0.630. The molecule has 0 aromatic carbocycles. The molecule has 0 radical (unpaired) electrons. The lowest BCUT2D eigenvalue weighted by Crippen LogP contribution is -2.13. The molecule has 0 aliphatic carbocycles. The van der Waals surface area contributed by atoms with Crippen molar-refractivity contribution >= 4 is 11.2 Å². The highest BCUT2D eigenvalue weighted by Crippen LogP contribution is 2.13. The lowest BCUT2D eigenvalue weighted by atomic mass is 10.5. The zero-order valence-corrected chi connectivity index (χ0v) is 7.47. The number of nitrogens with zero attached hydrogens (tertiary/aromatic N) is 1. The van der Waals surface area contributed by atoms with E-state index in [9.17, 15) is 4.55 Å². The second-order valence-electron chi connectivity index (χ2n) is 2.53. The van der Waals surface area contributed by atoms with E-state index in [1.54, 1.807) is 24.5 Å². The third-order valence-electron chi connectivity index (χ3n) is 1.31. The maximum Gasteiger partial charge on any atom is 0.155 e. The third-order valence-corrected chi connectivity index (χ3v) is 2.90. The highest BCUT2D eigenvalue weighted by molar-refractivity contribution is 7.92. The van der Waals surface area contributed by atoms with Crippen LogP contribution in [0.15, 0.2) is 29.4 Å². The molecule has 0 spiro atoms. The van der Waals surface area contributed by atoms with E-state index in [0.29, 0.717) is 0 Å². The van der Waals surface area contributed by atoms with Crippen molar-refractivity contribution in [1.82, 2.24) is 4.98 Å². The number of pyridine rings is 1. The first-order chi connectivity index (χ1) is 5.22. The van der Waals surface area contributed by atoms with E-state index in [1.165, 1.54) is 0 Å². The number of hydrogen-bond acceptors (Lipinski definition) is 2. The molecule has 0 aliphatic heterocycles. The molecule has 3 heteroatoms. The summed E-state index contributed by atoms with van der Waals surface area (Å²) in [5, 5.41) is 0.178. The van der Waals surface area contributed by atoms with Gasteiger partial charge in [-0.15, -0.1) is 0 Å². The second-order valence-corrected chi connectivity index (χ2v) is 4.54. The van der Waals surface area contributed by atoms with Crippen molar-refractivity contribution in [3.8, 4) is 0 Å². The third kappa shape index (κ3) is 2.20. The lowest BCUT2D eigenvalue weighted by molar-refractivity contribution is 0.586. The average molecular weight is 169 g/mol. The summed E-state index contributed by atoms with van der Waals surface area (Å²) in [4.78, 5) is 4.71. The van der Waals surface area contributed by atoms with Crippen LogP contribution in [0.4, 0.5) is 0 Å². The Labute approximate surface area is 69.8 Å². The first-order valence-corrected chi connectivity index (χ1v) is 4.73. The van der Waals surface area contributed by atoms with Crippen LogP contribution in [0.3, 0.4) is 0 Å². The van der Waals surface area contributed by atoms with Gasteiger partial charge in [-0.1, -0.05) is 0 Å². The van der Waals surface area contributed by atoms with Gasteiger partial charge < -0.3 is 4.55 Å². The maximum atomic E-state index is 11.4. The van der Waals surface area contributed by atoms with E-state index in [2.05, 4.69) is 4.98 Å². The van der Waals surface area contributed by atoms with Gasteiger partial charge in [0.2, 0.25) is 0 Å². The molecule has 1 aromatic rings. The van der Waals surface area contributed by atoms with Gasteiger partial charge in [0.05, 0.1) is 0 Å². The van der Waals surface area contributed by atoms with Gasteiger partial charge in [0, 0.05) is 24.5 Å². The molecule has 0 bridgehead atoms. The predicted molar refractivity (Wildman–Crippen MR) is 45.8 cm³/mol. The molecule has 1 aromatic heterocycles. The Morgan fingerprint density at radius 3 is 2.36 bits per heavy atom. The van der Waals surface area contributed by atoms with Crippen molar-refractivity contribution in [2.75, 3.05) is 0 Å². The first-order valence-electron chi connectivity index (χ1n) is 3.52. The summed E-state index contributed by atoms with van der Waals surface area (Å²) in [7, 11) is 0. The molecule has 0 saturated carbocycles. The van der Waals surface area contributed by atoms with Crippen LogP contribution in [-0.2, 0) is 11.2 Å². The van der Waals surface area contributed by atoms with Crippen LogP contribution < -0.4 is 0 Å². The summed E-state index contributed by atoms with van der Waals surface area (Å²) in [5.74, 6) is 0. The van der Waals surface area contributed by atoms with Crippen LogP contribution >= 0.6 is 0 Å². The van der Waals surface area contributed by atoms with Gasteiger partial charge in [0.15, 0.2) is 4.90 Å². The molecule has 1 unspecified atom stereocenters. The zero-order valence-electron chi connectivity index (χ0n) is 6.65. The maximum absolute atomic E-state index is 11.4. The van der Waals surface area contributed by atoms with Crippen molar-refractivity contribution in [2.24, 2.45) is 0 Å². The van der Waals surface area contributed by atoms with Crippen LogP contribution in [0.5, 0.6) is 0 Å². The Morgan fingerprint density at radius 2 is 1.91 bits per heavy atom.